The zero-order valence-electron chi connectivity index (χ0n) is 14.8. The second kappa shape index (κ2) is 7.20. The maximum Gasteiger partial charge on any atom is 0.151 e. The van der Waals surface area contributed by atoms with E-state index in [1.54, 1.807) is 0 Å². The lowest BCUT2D eigenvalue weighted by molar-refractivity contribution is -0.142. The number of ketones is 3. The van der Waals surface area contributed by atoms with Crippen molar-refractivity contribution in [1.82, 2.24) is 0 Å². The number of carbonyl (C=O) groups is 4. The van der Waals surface area contributed by atoms with Gasteiger partial charge in [-0.25, -0.2) is 0 Å². The number of benzene rings is 1. The molecule has 1 aliphatic carbocycles. The van der Waals surface area contributed by atoms with Crippen LogP contribution in [0.15, 0.2) is 6.07 Å². The largest absolute Gasteiger partial charge is 0.298 e. The Labute approximate surface area is 142 Å². The highest BCUT2D eigenvalue weighted by Gasteiger charge is 2.40. The highest BCUT2D eigenvalue weighted by atomic mass is 16.2. The highest BCUT2D eigenvalue weighted by Crippen LogP contribution is 2.37. The molecule has 0 atom stereocenters. The number of aryl methyl sites for hydroxylation is 2. The molecule has 1 aromatic rings. The number of Topliss-reactive ketones (excluding diaryl/α,β-unsaturated/α-hetero) is 3. The van der Waals surface area contributed by atoms with Crippen LogP contribution in [-0.4, -0.2) is 23.6 Å². The summed E-state index contributed by atoms with van der Waals surface area (Å²) in [7, 11) is 0. The first-order chi connectivity index (χ1) is 11.3. The van der Waals surface area contributed by atoms with E-state index in [4.69, 9.17) is 0 Å². The molecule has 1 aromatic carbocycles. The van der Waals surface area contributed by atoms with Crippen molar-refractivity contribution in [3.05, 3.63) is 33.9 Å². The van der Waals surface area contributed by atoms with Gasteiger partial charge in [-0.1, -0.05) is 13.0 Å². The first-order valence-electron chi connectivity index (χ1n) is 8.45. The average molecular weight is 328 g/mol. The van der Waals surface area contributed by atoms with E-state index in [-0.39, 0.29) is 42.5 Å². The molecule has 0 aromatic heterocycles. The summed E-state index contributed by atoms with van der Waals surface area (Å²) in [6.45, 7) is 7.54. The van der Waals surface area contributed by atoms with Crippen LogP contribution in [0.4, 0.5) is 0 Å². The highest BCUT2D eigenvalue weighted by molar-refractivity contribution is 6.21. The van der Waals surface area contributed by atoms with Crippen LogP contribution in [0.2, 0.25) is 0 Å². The van der Waals surface area contributed by atoms with Gasteiger partial charge in [0.2, 0.25) is 0 Å². The van der Waals surface area contributed by atoms with E-state index in [1.807, 2.05) is 33.8 Å². The molecule has 0 spiro atoms. The monoisotopic (exact) mass is 328 g/mol. The molecule has 0 aliphatic heterocycles. The third-order valence-corrected chi connectivity index (χ3v) is 4.97. The second-order valence-electron chi connectivity index (χ2n) is 6.77. The lowest BCUT2D eigenvalue weighted by atomic mass is 9.72. The molecule has 4 nitrogen and oxygen atoms in total. The molecular weight excluding hydrogens is 304 g/mol. The van der Waals surface area contributed by atoms with Crippen molar-refractivity contribution < 1.29 is 19.2 Å². The summed E-state index contributed by atoms with van der Waals surface area (Å²) in [4.78, 5) is 48.3. The summed E-state index contributed by atoms with van der Waals surface area (Å²) >= 11 is 0. The second-order valence-corrected chi connectivity index (χ2v) is 6.77. The lowest BCUT2D eigenvalue weighted by Gasteiger charge is -2.29. The van der Waals surface area contributed by atoms with Crippen LogP contribution in [0.25, 0.3) is 0 Å². The summed E-state index contributed by atoms with van der Waals surface area (Å²) in [6.07, 6.45) is 2.11. The zero-order chi connectivity index (χ0) is 18.0. The topological polar surface area (TPSA) is 68.3 Å². The Kier molecular flexibility index (Phi) is 5.47. The minimum atomic E-state index is -1.07. The Morgan fingerprint density at radius 3 is 2.21 bits per heavy atom. The van der Waals surface area contributed by atoms with Gasteiger partial charge in [0.25, 0.3) is 0 Å². The lowest BCUT2D eigenvalue weighted by Crippen LogP contribution is -2.38. The van der Waals surface area contributed by atoms with Crippen LogP contribution in [0.3, 0.4) is 0 Å². The normalized spacial score (nSPS) is 21.0. The summed E-state index contributed by atoms with van der Waals surface area (Å²) < 4.78 is 0. The summed E-state index contributed by atoms with van der Waals surface area (Å²) in [5.41, 5.74) is 4.25. The van der Waals surface area contributed by atoms with Gasteiger partial charge in [0.15, 0.2) is 23.6 Å². The maximum absolute atomic E-state index is 12.4. The van der Waals surface area contributed by atoms with E-state index >= 15 is 0 Å². The van der Waals surface area contributed by atoms with Gasteiger partial charge in [-0.3, -0.25) is 19.2 Å². The molecule has 0 heterocycles. The first kappa shape index (κ1) is 18.2. The molecular formula is C20H24O4. The van der Waals surface area contributed by atoms with Crippen molar-refractivity contribution in [3.8, 4) is 0 Å². The van der Waals surface area contributed by atoms with Gasteiger partial charge in [0.05, 0.1) is 0 Å². The van der Waals surface area contributed by atoms with E-state index in [9.17, 15) is 19.2 Å². The molecule has 24 heavy (non-hydrogen) atoms. The van der Waals surface area contributed by atoms with E-state index in [1.165, 1.54) is 0 Å². The van der Waals surface area contributed by atoms with Gasteiger partial charge in [0, 0.05) is 24.8 Å². The Morgan fingerprint density at radius 2 is 1.71 bits per heavy atom. The molecule has 0 N–H and O–H groups in total. The van der Waals surface area contributed by atoms with Gasteiger partial charge in [-0.15, -0.1) is 0 Å². The van der Waals surface area contributed by atoms with Crippen LogP contribution in [0.5, 0.6) is 0 Å². The number of aldehydes is 1. The third kappa shape index (κ3) is 3.23. The van der Waals surface area contributed by atoms with Crippen LogP contribution in [0.1, 0.15) is 71.1 Å². The number of hydrogen-bond acceptors (Lipinski definition) is 4. The van der Waals surface area contributed by atoms with Crippen LogP contribution < -0.4 is 0 Å². The fraction of sp³-hybridized carbons (Fsp3) is 0.500. The van der Waals surface area contributed by atoms with Gasteiger partial charge >= 0.3 is 0 Å². The number of carbonyl (C=O) groups excluding carboxylic acids is 4. The molecule has 0 saturated heterocycles. The molecule has 2 rings (SSSR count). The SMILES string of the molecule is CCCC(=O)C1C(=O)CC(c2c(C)cc(C)c(C=O)c2C)CC1=O. The van der Waals surface area contributed by atoms with Crippen molar-refractivity contribution in [2.75, 3.05) is 0 Å². The van der Waals surface area contributed by atoms with Crippen molar-refractivity contribution >= 4 is 23.6 Å². The molecule has 0 amide bonds. The Hall–Kier alpha value is -2.10. The molecule has 1 fully saturated rings. The van der Waals surface area contributed by atoms with Crippen LogP contribution >= 0.6 is 0 Å². The minimum absolute atomic E-state index is 0.189. The van der Waals surface area contributed by atoms with Crippen molar-refractivity contribution in [1.29, 1.82) is 0 Å². The Morgan fingerprint density at radius 1 is 1.12 bits per heavy atom. The molecule has 128 valence electrons. The van der Waals surface area contributed by atoms with Gasteiger partial charge in [0.1, 0.15) is 5.92 Å². The predicted octanol–water partition coefficient (Wildman–Crippen LogP) is 3.43. The quantitative estimate of drug-likeness (QED) is 0.613. The molecule has 0 radical (unpaired) electrons. The number of rotatable bonds is 5. The zero-order valence-corrected chi connectivity index (χ0v) is 14.8. The molecule has 4 heteroatoms. The summed E-state index contributed by atoms with van der Waals surface area (Å²) in [5, 5.41) is 0. The Bertz CT molecular complexity index is 697. The number of hydrogen-bond donors (Lipinski definition) is 0. The Balaban J connectivity index is 2.37. The first-order valence-corrected chi connectivity index (χ1v) is 8.45. The van der Waals surface area contributed by atoms with Crippen LogP contribution in [0, 0.1) is 26.7 Å². The fourth-order valence-electron chi connectivity index (χ4n) is 3.95. The van der Waals surface area contributed by atoms with Crippen molar-refractivity contribution in [3.63, 3.8) is 0 Å². The van der Waals surface area contributed by atoms with Crippen molar-refractivity contribution in [2.45, 2.75) is 59.3 Å². The van der Waals surface area contributed by atoms with E-state index in [0.29, 0.717) is 12.0 Å². The van der Waals surface area contributed by atoms with Gasteiger partial charge in [-0.2, -0.15) is 0 Å². The summed E-state index contributed by atoms with van der Waals surface area (Å²) in [6, 6.07) is 1.93. The predicted molar refractivity (Wildman–Crippen MR) is 91.4 cm³/mol. The van der Waals surface area contributed by atoms with E-state index in [0.717, 1.165) is 28.5 Å². The standard InChI is InChI=1S/C20H24O4/c1-5-6-16(22)20-17(23)8-14(9-18(20)24)19-12(3)7-11(2)15(10-21)13(19)4/h7,10,14,20H,5-6,8-9H2,1-4H3. The maximum atomic E-state index is 12.4. The minimum Gasteiger partial charge on any atom is -0.298 e. The van der Waals surface area contributed by atoms with Gasteiger partial charge < -0.3 is 0 Å². The van der Waals surface area contributed by atoms with Crippen molar-refractivity contribution in [2.24, 2.45) is 5.92 Å². The summed E-state index contributed by atoms with van der Waals surface area (Å²) in [5.74, 6) is -2.12. The molecule has 1 aliphatic rings. The van der Waals surface area contributed by atoms with E-state index < -0.39 is 5.92 Å². The molecule has 1 saturated carbocycles. The van der Waals surface area contributed by atoms with Gasteiger partial charge in [-0.05, 0) is 55.4 Å². The third-order valence-electron chi connectivity index (χ3n) is 4.97. The molecule has 0 bridgehead atoms. The molecule has 0 unspecified atom stereocenters. The van der Waals surface area contributed by atoms with Crippen LogP contribution in [-0.2, 0) is 14.4 Å². The average Bonchev–Trinajstić information content (AvgIpc) is 2.46. The fourth-order valence-corrected chi connectivity index (χ4v) is 3.95. The smallest absolute Gasteiger partial charge is 0.151 e. The van der Waals surface area contributed by atoms with E-state index in [2.05, 4.69) is 0 Å².